The van der Waals surface area contributed by atoms with Crippen molar-refractivity contribution in [2.75, 3.05) is 19.8 Å². The van der Waals surface area contributed by atoms with Crippen LogP contribution in [0.25, 0.3) is 0 Å². The Kier molecular flexibility index (Phi) is 5.19. The van der Waals surface area contributed by atoms with Crippen LogP contribution in [0.1, 0.15) is 40.4 Å². The largest absolute Gasteiger partial charge is 0.478 e. The molecule has 1 saturated heterocycles. The Morgan fingerprint density at radius 3 is 2.76 bits per heavy atom. The summed E-state index contributed by atoms with van der Waals surface area (Å²) >= 11 is 0. The molecule has 6 heteroatoms. The van der Waals surface area contributed by atoms with Crippen LogP contribution >= 0.6 is 0 Å². The van der Waals surface area contributed by atoms with Gasteiger partial charge in [0.15, 0.2) is 0 Å². The Labute approximate surface area is 146 Å². The molecule has 3 rings (SSSR count). The van der Waals surface area contributed by atoms with Gasteiger partial charge in [-0.2, -0.15) is 0 Å². The van der Waals surface area contributed by atoms with E-state index in [-0.39, 0.29) is 23.9 Å². The highest BCUT2D eigenvalue weighted by Crippen LogP contribution is 2.27. The number of amides is 1. The maximum Gasteiger partial charge on any atom is 0.335 e. The number of benzene rings is 1. The van der Waals surface area contributed by atoms with E-state index in [1.165, 1.54) is 6.07 Å². The Hall–Kier alpha value is -2.60. The van der Waals surface area contributed by atoms with E-state index in [9.17, 15) is 14.7 Å². The van der Waals surface area contributed by atoms with Crippen molar-refractivity contribution in [2.24, 2.45) is 0 Å². The fourth-order valence-corrected chi connectivity index (χ4v) is 3.05. The van der Waals surface area contributed by atoms with Gasteiger partial charge in [-0.1, -0.05) is 25.1 Å². The number of hydrogen-bond donors (Lipinski definition) is 1. The molecule has 132 valence electrons. The highest BCUT2D eigenvalue weighted by Gasteiger charge is 2.31. The van der Waals surface area contributed by atoms with Gasteiger partial charge in [-0.05, 0) is 23.8 Å². The maximum absolute atomic E-state index is 12.8. The van der Waals surface area contributed by atoms with Gasteiger partial charge in [0, 0.05) is 13.0 Å². The number of nitrogens with zero attached hydrogens (tertiary/aromatic N) is 1. The molecule has 1 atom stereocenters. The van der Waals surface area contributed by atoms with Gasteiger partial charge in [0.25, 0.3) is 0 Å². The molecule has 2 heterocycles. The zero-order chi connectivity index (χ0) is 17.8. The number of furan rings is 1. The first-order valence-electron chi connectivity index (χ1n) is 8.37. The number of ether oxygens (including phenoxy) is 1. The summed E-state index contributed by atoms with van der Waals surface area (Å²) in [5, 5.41) is 9.29. The zero-order valence-corrected chi connectivity index (χ0v) is 14.1. The number of aryl methyl sites for hydroxylation is 1. The fraction of sp³-hybridized carbons (Fsp3) is 0.368. The number of carbonyl (C=O) groups is 2. The summed E-state index contributed by atoms with van der Waals surface area (Å²) in [5.41, 5.74) is 0.672. The van der Waals surface area contributed by atoms with Crippen molar-refractivity contribution < 1.29 is 23.8 Å². The number of carboxylic acids is 1. The lowest BCUT2D eigenvalue weighted by atomic mass is 10.0. The minimum absolute atomic E-state index is 0.0420. The first kappa shape index (κ1) is 17.2. The first-order valence-corrected chi connectivity index (χ1v) is 8.37. The van der Waals surface area contributed by atoms with Gasteiger partial charge in [0.05, 0.1) is 25.2 Å². The SMILES string of the molecule is CCc1ccc(C2COCCN2C(=O)Cc2ccccc2C(=O)O)o1. The van der Waals surface area contributed by atoms with Crippen LogP contribution in [0, 0.1) is 0 Å². The summed E-state index contributed by atoms with van der Waals surface area (Å²) in [5.74, 6) is 0.414. The summed E-state index contributed by atoms with van der Waals surface area (Å²) in [6.45, 7) is 3.31. The van der Waals surface area contributed by atoms with E-state index in [4.69, 9.17) is 9.15 Å². The lowest BCUT2D eigenvalue weighted by Crippen LogP contribution is -2.44. The lowest BCUT2D eigenvalue weighted by molar-refractivity contribution is -0.140. The Morgan fingerprint density at radius 2 is 2.04 bits per heavy atom. The van der Waals surface area contributed by atoms with Crippen LogP contribution in [-0.2, 0) is 22.4 Å². The van der Waals surface area contributed by atoms with Crippen molar-refractivity contribution in [3.63, 3.8) is 0 Å². The standard InChI is InChI=1S/C19H21NO5/c1-2-14-7-8-17(25-14)16-12-24-10-9-20(16)18(21)11-13-5-3-4-6-15(13)19(22)23/h3-8,16H,2,9-12H2,1H3,(H,22,23). The minimum atomic E-state index is -1.03. The van der Waals surface area contributed by atoms with E-state index >= 15 is 0 Å². The number of hydrogen-bond acceptors (Lipinski definition) is 4. The van der Waals surface area contributed by atoms with E-state index in [0.717, 1.165) is 12.2 Å². The number of aromatic carboxylic acids is 1. The summed E-state index contributed by atoms with van der Waals surface area (Å²) in [7, 11) is 0. The molecule has 0 saturated carbocycles. The van der Waals surface area contributed by atoms with Crippen molar-refractivity contribution in [1.29, 1.82) is 0 Å². The highest BCUT2D eigenvalue weighted by atomic mass is 16.5. The molecular weight excluding hydrogens is 322 g/mol. The Bertz CT molecular complexity index is 767. The van der Waals surface area contributed by atoms with Crippen LogP contribution in [0.2, 0.25) is 0 Å². The smallest absolute Gasteiger partial charge is 0.335 e. The van der Waals surface area contributed by atoms with Gasteiger partial charge >= 0.3 is 5.97 Å². The summed E-state index contributed by atoms with van der Waals surface area (Å²) in [6, 6.07) is 10.1. The quantitative estimate of drug-likeness (QED) is 0.903. The monoisotopic (exact) mass is 343 g/mol. The second kappa shape index (κ2) is 7.53. The van der Waals surface area contributed by atoms with Gasteiger partial charge in [-0.3, -0.25) is 4.79 Å². The molecule has 1 aliphatic rings. The summed E-state index contributed by atoms with van der Waals surface area (Å²) in [6.07, 6.45) is 0.827. The molecule has 6 nitrogen and oxygen atoms in total. The normalized spacial score (nSPS) is 17.5. The van der Waals surface area contributed by atoms with Gasteiger partial charge in [0.2, 0.25) is 5.91 Å². The highest BCUT2D eigenvalue weighted by molar-refractivity contribution is 5.91. The lowest BCUT2D eigenvalue weighted by Gasteiger charge is -2.34. The van der Waals surface area contributed by atoms with Crippen molar-refractivity contribution in [3.05, 3.63) is 59.0 Å². The first-order chi connectivity index (χ1) is 12.1. The fourth-order valence-electron chi connectivity index (χ4n) is 3.05. The molecule has 2 aromatic rings. The van der Waals surface area contributed by atoms with Crippen LogP contribution in [-0.4, -0.2) is 41.6 Å². The molecule has 0 bridgehead atoms. The maximum atomic E-state index is 12.8. The van der Waals surface area contributed by atoms with Crippen molar-refractivity contribution in [3.8, 4) is 0 Å². The molecule has 1 fully saturated rings. The third-order valence-corrected chi connectivity index (χ3v) is 4.40. The van der Waals surface area contributed by atoms with Gasteiger partial charge < -0.3 is 19.2 Å². The number of morpholine rings is 1. The third kappa shape index (κ3) is 3.74. The molecule has 1 aromatic heterocycles. The second-order valence-corrected chi connectivity index (χ2v) is 5.97. The van der Waals surface area contributed by atoms with Gasteiger partial charge in [-0.15, -0.1) is 0 Å². The van der Waals surface area contributed by atoms with Crippen molar-refractivity contribution >= 4 is 11.9 Å². The molecule has 1 aromatic carbocycles. The van der Waals surface area contributed by atoms with Crippen molar-refractivity contribution in [1.82, 2.24) is 4.90 Å². The van der Waals surface area contributed by atoms with Crippen molar-refractivity contribution in [2.45, 2.75) is 25.8 Å². The van der Waals surface area contributed by atoms with Crippen LogP contribution in [0.15, 0.2) is 40.8 Å². The predicted octanol–water partition coefficient (Wildman–Crippen LogP) is 2.68. The van der Waals surface area contributed by atoms with E-state index in [2.05, 4.69) is 0 Å². The molecule has 1 aliphatic heterocycles. The van der Waals surface area contributed by atoms with Crippen LogP contribution < -0.4 is 0 Å². The van der Waals surface area contributed by atoms with Gasteiger partial charge in [0.1, 0.15) is 17.6 Å². The van der Waals surface area contributed by atoms with E-state index in [0.29, 0.717) is 31.1 Å². The molecule has 1 N–H and O–H groups in total. The van der Waals surface area contributed by atoms with Crippen LogP contribution in [0.4, 0.5) is 0 Å². The summed E-state index contributed by atoms with van der Waals surface area (Å²) in [4.78, 5) is 25.9. The molecule has 1 amide bonds. The van der Waals surface area contributed by atoms with Gasteiger partial charge in [-0.25, -0.2) is 4.79 Å². The van der Waals surface area contributed by atoms with E-state index < -0.39 is 5.97 Å². The average Bonchev–Trinajstić information content (AvgIpc) is 3.11. The van der Waals surface area contributed by atoms with E-state index in [1.807, 2.05) is 19.1 Å². The predicted molar refractivity (Wildman–Crippen MR) is 90.5 cm³/mol. The van der Waals surface area contributed by atoms with Crippen LogP contribution in [0.5, 0.6) is 0 Å². The average molecular weight is 343 g/mol. The van der Waals surface area contributed by atoms with E-state index in [1.54, 1.807) is 23.1 Å². The number of carboxylic acid groups (broad SMARTS) is 1. The molecular formula is C19H21NO5. The molecule has 0 aliphatic carbocycles. The van der Waals surface area contributed by atoms with Crippen LogP contribution in [0.3, 0.4) is 0 Å². The molecule has 0 spiro atoms. The topological polar surface area (TPSA) is 80.0 Å². The second-order valence-electron chi connectivity index (χ2n) is 5.97. The molecule has 0 radical (unpaired) electrons. The zero-order valence-electron chi connectivity index (χ0n) is 14.1. The number of rotatable bonds is 5. The molecule has 25 heavy (non-hydrogen) atoms. The minimum Gasteiger partial charge on any atom is -0.478 e. The molecule has 1 unspecified atom stereocenters. The third-order valence-electron chi connectivity index (χ3n) is 4.40. The Morgan fingerprint density at radius 1 is 1.24 bits per heavy atom. The summed E-state index contributed by atoms with van der Waals surface area (Å²) < 4.78 is 11.3. The number of carbonyl (C=O) groups excluding carboxylic acids is 1. The Balaban J connectivity index is 1.81.